The highest BCUT2D eigenvalue weighted by atomic mass is 32.2. The second-order valence-electron chi connectivity index (χ2n) is 7.87. The second kappa shape index (κ2) is 10.7. The highest BCUT2D eigenvalue weighted by Crippen LogP contribution is 2.12. The summed E-state index contributed by atoms with van der Waals surface area (Å²) in [5, 5.41) is 2.89. The van der Waals surface area contributed by atoms with Crippen LogP contribution in [-0.4, -0.2) is 69.6 Å². The summed E-state index contributed by atoms with van der Waals surface area (Å²) < 4.78 is 23.3. The molecule has 0 saturated carbocycles. The number of amides is 1. The monoisotopic (exact) mass is 429 g/mol. The first-order valence-corrected chi connectivity index (χ1v) is 12.4. The first-order valence-electron chi connectivity index (χ1n) is 10.5. The largest absolute Gasteiger partial charge is 0.352 e. The Balaban J connectivity index is 1.31. The molecule has 0 unspecified atom stereocenters. The van der Waals surface area contributed by atoms with Gasteiger partial charge in [-0.25, -0.2) is 8.42 Å². The molecule has 1 saturated heterocycles. The van der Waals surface area contributed by atoms with Crippen LogP contribution in [0.4, 0.5) is 0 Å². The van der Waals surface area contributed by atoms with E-state index in [-0.39, 0.29) is 10.8 Å². The maximum absolute atomic E-state index is 12.3. The molecule has 162 valence electrons. The zero-order chi connectivity index (χ0) is 21.4. The average molecular weight is 430 g/mol. The number of carbonyl (C=O) groups excluding carboxylic acids is 1. The number of hydrogen-bond acceptors (Lipinski definition) is 5. The summed E-state index contributed by atoms with van der Waals surface area (Å²) in [7, 11) is -3.31. The van der Waals surface area contributed by atoms with Gasteiger partial charge in [0.05, 0.1) is 4.90 Å². The summed E-state index contributed by atoms with van der Waals surface area (Å²) in [6.07, 6.45) is 3.08. The first kappa shape index (κ1) is 22.5. The molecule has 1 aliphatic heterocycles. The number of hydrogen-bond donors (Lipinski definition) is 1. The lowest BCUT2D eigenvalue weighted by Crippen LogP contribution is -2.46. The van der Waals surface area contributed by atoms with E-state index in [1.54, 1.807) is 12.1 Å². The van der Waals surface area contributed by atoms with Gasteiger partial charge in [0.25, 0.3) is 5.91 Å². The van der Waals surface area contributed by atoms with E-state index in [9.17, 15) is 13.2 Å². The van der Waals surface area contributed by atoms with Crippen molar-refractivity contribution in [1.82, 2.24) is 15.1 Å². The van der Waals surface area contributed by atoms with Crippen LogP contribution in [0.5, 0.6) is 0 Å². The zero-order valence-corrected chi connectivity index (χ0v) is 18.4. The van der Waals surface area contributed by atoms with Gasteiger partial charge in [-0.2, -0.15) is 0 Å². The summed E-state index contributed by atoms with van der Waals surface area (Å²) in [6.45, 7) is 6.98. The molecule has 0 radical (unpaired) electrons. The van der Waals surface area contributed by atoms with Gasteiger partial charge in [0.1, 0.15) is 0 Å². The summed E-state index contributed by atoms with van der Waals surface area (Å²) in [6, 6.07) is 16.8. The van der Waals surface area contributed by atoms with Crippen molar-refractivity contribution in [1.29, 1.82) is 0 Å². The van der Waals surface area contributed by atoms with Crippen LogP contribution in [0.2, 0.25) is 0 Å². The Morgan fingerprint density at radius 3 is 2.33 bits per heavy atom. The van der Waals surface area contributed by atoms with Crippen molar-refractivity contribution in [3.8, 4) is 0 Å². The highest BCUT2D eigenvalue weighted by molar-refractivity contribution is 7.90. The summed E-state index contributed by atoms with van der Waals surface area (Å²) in [5.41, 5.74) is 1.75. The van der Waals surface area contributed by atoms with E-state index in [1.165, 1.54) is 17.7 Å². The number of nitrogens with one attached hydrogen (secondary N) is 1. The third-order valence-corrected chi connectivity index (χ3v) is 6.54. The Hall–Kier alpha value is -2.22. The standard InChI is InChI=1S/C23H31N3O3S/c1-30(28,29)22-11-7-10-21(18-22)23(27)24-12-5-6-13-25-14-16-26(17-15-25)19-20-8-3-2-4-9-20/h2-4,7-11,18H,5-6,12-17,19H2,1H3,(H,24,27). The van der Waals surface area contributed by atoms with Gasteiger partial charge in [0.15, 0.2) is 9.84 Å². The van der Waals surface area contributed by atoms with Gasteiger partial charge in [0.2, 0.25) is 0 Å². The molecule has 1 heterocycles. The van der Waals surface area contributed by atoms with Crippen molar-refractivity contribution in [2.45, 2.75) is 24.3 Å². The molecule has 1 amide bonds. The summed E-state index contributed by atoms with van der Waals surface area (Å²) >= 11 is 0. The molecule has 0 aliphatic carbocycles. The van der Waals surface area contributed by atoms with Crippen LogP contribution in [0.1, 0.15) is 28.8 Å². The second-order valence-corrected chi connectivity index (χ2v) is 9.88. The van der Waals surface area contributed by atoms with Crippen molar-refractivity contribution in [2.75, 3.05) is 45.5 Å². The lowest BCUT2D eigenvalue weighted by molar-refractivity contribution is 0.0951. The minimum absolute atomic E-state index is 0.168. The van der Waals surface area contributed by atoms with E-state index in [0.717, 1.165) is 58.4 Å². The average Bonchev–Trinajstić information content (AvgIpc) is 2.75. The molecule has 1 fully saturated rings. The minimum Gasteiger partial charge on any atom is -0.352 e. The molecule has 0 bridgehead atoms. The van der Waals surface area contributed by atoms with Gasteiger partial charge >= 0.3 is 0 Å². The zero-order valence-electron chi connectivity index (χ0n) is 17.6. The molecule has 7 heteroatoms. The highest BCUT2D eigenvalue weighted by Gasteiger charge is 2.16. The Morgan fingerprint density at radius 1 is 0.933 bits per heavy atom. The predicted octanol–water partition coefficient (Wildman–Crippen LogP) is 2.42. The smallest absolute Gasteiger partial charge is 0.251 e. The van der Waals surface area contributed by atoms with Crippen LogP contribution in [-0.2, 0) is 16.4 Å². The Bertz CT molecular complexity index is 924. The lowest BCUT2D eigenvalue weighted by Gasteiger charge is -2.34. The molecule has 0 aromatic heterocycles. The summed E-state index contributed by atoms with van der Waals surface area (Å²) in [4.78, 5) is 17.4. The maximum Gasteiger partial charge on any atom is 0.251 e. The number of benzene rings is 2. The van der Waals surface area contributed by atoms with Gasteiger partial charge in [-0.1, -0.05) is 36.4 Å². The van der Waals surface area contributed by atoms with Crippen molar-refractivity contribution < 1.29 is 13.2 Å². The van der Waals surface area contributed by atoms with Crippen molar-refractivity contribution >= 4 is 15.7 Å². The van der Waals surface area contributed by atoms with Gasteiger partial charge < -0.3 is 10.2 Å². The molecule has 2 aromatic rings. The van der Waals surface area contributed by atoms with Crippen LogP contribution in [0.15, 0.2) is 59.5 Å². The van der Waals surface area contributed by atoms with Crippen molar-refractivity contribution in [2.24, 2.45) is 0 Å². The van der Waals surface area contributed by atoms with E-state index in [0.29, 0.717) is 12.1 Å². The van der Waals surface area contributed by atoms with Gasteiger partial charge in [-0.15, -0.1) is 0 Å². The van der Waals surface area contributed by atoms with Gasteiger partial charge in [0, 0.05) is 51.1 Å². The van der Waals surface area contributed by atoms with Crippen LogP contribution in [0, 0.1) is 0 Å². The van der Waals surface area contributed by atoms with Crippen LogP contribution in [0.25, 0.3) is 0 Å². The lowest BCUT2D eigenvalue weighted by atomic mass is 10.2. The van der Waals surface area contributed by atoms with Crippen molar-refractivity contribution in [3.63, 3.8) is 0 Å². The Labute approximate surface area is 179 Å². The minimum atomic E-state index is -3.31. The molecule has 1 N–H and O–H groups in total. The number of unbranched alkanes of at least 4 members (excludes halogenated alkanes) is 1. The molecule has 1 aliphatic rings. The quantitative estimate of drug-likeness (QED) is 0.620. The molecule has 6 nitrogen and oxygen atoms in total. The van der Waals surface area contributed by atoms with Crippen molar-refractivity contribution in [3.05, 3.63) is 65.7 Å². The van der Waals surface area contributed by atoms with Crippen LogP contribution in [0.3, 0.4) is 0 Å². The van der Waals surface area contributed by atoms with Gasteiger partial charge in [-0.05, 0) is 43.1 Å². The third kappa shape index (κ3) is 6.93. The van der Waals surface area contributed by atoms with E-state index >= 15 is 0 Å². The molecule has 30 heavy (non-hydrogen) atoms. The van der Waals surface area contributed by atoms with Crippen LogP contribution >= 0.6 is 0 Å². The van der Waals surface area contributed by atoms with E-state index in [1.807, 2.05) is 0 Å². The van der Waals surface area contributed by atoms with E-state index < -0.39 is 9.84 Å². The molecular formula is C23H31N3O3S. The molecular weight excluding hydrogens is 398 g/mol. The summed E-state index contributed by atoms with van der Waals surface area (Å²) in [5.74, 6) is -0.227. The van der Waals surface area contributed by atoms with E-state index in [2.05, 4.69) is 45.4 Å². The maximum atomic E-state index is 12.3. The number of sulfone groups is 1. The fourth-order valence-electron chi connectivity index (χ4n) is 3.65. The molecule has 0 atom stereocenters. The fraction of sp³-hybridized carbons (Fsp3) is 0.435. The number of piperazine rings is 1. The fourth-order valence-corrected chi connectivity index (χ4v) is 4.31. The molecule has 0 spiro atoms. The predicted molar refractivity (Wildman–Crippen MR) is 119 cm³/mol. The first-order chi connectivity index (χ1) is 14.4. The Morgan fingerprint density at radius 2 is 1.63 bits per heavy atom. The van der Waals surface area contributed by atoms with Crippen LogP contribution < -0.4 is 5.32 Å². The normalized spacial score (nSPS) is 15.8. The molecule has 2 aromatic carbocycles. The number of nitrogens with zero attached hydrogens (tertiary/aromatic N) is 2. The molecule has 3 rings (SSSR count). The SMILES string of the molecule is CS(=O)(=O)c1cccc(C(=O)NCCCCN2CCN(Cc3ccccc3)CC2)c1. The van der Waals surface area contributed by atoms with Gasteiger partial charge in [-0.3, -0.25) is 9.69 Å². The van der Waals surface area contributed by atoms with E-state index in [4.69, 9.17) is 0 Å². The number of rotatable bonds is 9. The Kier molecular flexibility index (Phi) is 8.01. The third-order valence-electron chi connectivity index (χ3n) is 5.42. The topological polar surface area (TPSA) is 69.7 Å². The number of carbonyl (C=O) groups is 1.